The largest absolute Gasteiger partial charge is 0.356 e. The van der Waals surface area contributed by atoms with Crippen molar-refractivity contribution < 1.29 is 4.79 Å². The molecule has 3 heterocycles. The lowest BCUT2D eigenvalue weighted by atomic mass is 10.1. The number of pyridine rings is 1. The molecule has 1 saturated heterocycles. The Hall–Kier alpha value is -2.80. The van der Waals surface area contributed by atoms with Crippen molar-refractivity contribution in [2.45, 2.75) is 32.6 Å². The van der Waals surface area contributed by atoms with Gasteiger partial charge in [0.1, 0.15) is 10.8 Å². The highest BCUT2D eigenvalue weighted by Gasteiger charge is 2.20. The maximum absolute atomic E-state index is 12.8. The van der Waals surface area contributed by atoms with Gasteiger partial charge in [-0.25, -0.2) is 4.98 Å². The Morgan fingerprint density at radius 2 is 1.89 bits per heavy atom. The Morgan fingerprint density at radius 1 is 1.11 bits per heavy atom. The first-order valence-corrected chi connectivity index (χ1v) is 10.4. The van der Waals surface area contributed by atoms with Crippen LogP contribution in [0.3, 0.4) is 0 Å². The van der Waals surface area contributed by atoms with Crippen LogP contribution in [-0.2, 0) is 6.42 Å². The molecule has 1 N–H and O–H groups in total. The van der Waals surface area contributed by atoms with Crippen LogP contribution in [0.1, 0.15) is 45.8 Å². The van der Waals surface area contributed by atoms with Gasteiger partial charge in [0.2, 0.25) is 5.13 Å². The van der Waals surface area contributed by atoms with Crippen molar-refractivity contribution in [3.8, 4) is 0 Å². The van der Waals surface area contributed by atoms with Crippen molar-refractivity contribution in [3.63, 3.8) is 0 Å². The fraction of sp³-hybridized carbons (Fsp3) is 0.333. The number of carbonyl (C=O) groups excluding carboxylic acids is 1. The fourth-order valence-electron chi connectivity index (χ4n) is 3.35. The van der Waals surface area contributed by atoms with Crippen LogP contribution in [0.5, 0.6) is 0 Å². The first-order valence-electron chi connectivity index (χ1n) is 9.58. The van der Waals surface area contributed by atoms with E-state index in [2.05, 4.69) is 56.6 Å². The van der Waals surface area contributed by atoms with Gasteiger partial charge < -0.3 is 4.90 Å². The number of anilines is 2. The Bertz CT molecular complexity index is 947. The van der Waals surface area contributed by atoms with Crippen LogP contribution < -0.4 is 10.2 Å². The molecule has 1 aliphatic rings. The number of amides is 1. The standard InChI is InChI=1S/C21H23N5OS/c1-15-7-9-16(10-8-15)14-18-24-25-21(28-18)23-20(27)17-6-5-11-22-19(17)26-12-3-2-4-13-26/h5-11H,2-4,12-14H2,1H3,(H,23,25,27). The van der Waals surface area contributed by atoms with E-state index in [0.717, 1.165) is 36.8 Å². The summed E-state index contributed by atoms with van der Waals surface area (Å²) in [7, 11) is 0. The van der Waals surface area contributed by atoms with Crippen LogP contribution in [0, 0.1) is 6.92 Å². The minimum atomic E-state index is -0.188. The summed E-state index contributed by atoms with van der Waals surface area (Å²) in [6.07, 6.45) is 5.96. The molecule has 0 unspecified atom stereocenters. The topological polar surface area (TPSA) is 71.0 Å². The predicted octanol–water partition coefficient (Wildman–Crippen LogP) is 4.07. The summed E-state index contributed by atoms with van der Waals surface area (Å²) in [5.74, 6) is 0.566. The molecule has 6 nitrogen and oxygen atoms in total. The van der Waals surface area contributed by atoms with Crippen LogP contribution in [0.15, 0.2) is 42.6 Å². The Labute approximate surface area is 168 Å². The van der Waals surface area contributed by atoms with E-state index < -0.39 is 0 Å². The number of carbonyl (C=O) groups is 1. The Kier molecular flexibility index (Phi) is 5.62. The van der Waals surface area contributed by atoms with Gasteiger partial charge in [-0.15, -0.1) is 10.2 Å². The van der Waals surface area contributed by atoms with Crippen molar-refractivity contribution in [1.29, 1.82) is 0 Å². The van der Waals surface area contributed by atoms with Gasteiger partial charge in [0, 0.05) is 25.7 Å². The molecule has 1 amide bonds. The summed E-state index contributed by atoms with van der Waals surface area (Å²) >= 11 is 1.41. The molecule has 3 aromatic rings. The molecule has 1 fully saturated rings. The highest BCUT2D eigenvalue weighted by Crippen LogP contribution is 2.24. The van der Waals surface area contributed by atoms with Gasteiger partial charge in [-0.1, -0.05) is 41.2 Å². The number of rotatable bonds is 5. The summed E-state index contributed by atoms with van der Waals surface area (Å²) < 4.78 is 0. The van der Waals surface area contributed by atoms with E-state index >= 15 is 0 Å². The maximum atomic E-state index is 12.8. The number of aryl methyl sites for hydroxylation is 1. The number of nitrogens with one attached hydrogen (secondary N) is 1. The van der Waals surface area contributed by atoms with Gasteiger partial charge in [0.25, 0.3) is 5.91 Å². The zero-order valence-corrected chi connectivity index (χ0v) is 16.7. The number of piperidine rings is 1. The van der Waals surface area contributed by atoms with Crippen molar-refractivity contribution in [3.05, 3.63) is 64.3 Å². The lowest BCUT2D eigenvalue weighted by molar-refractivity contribution is 0.102. The number of nitrogens with zero attached hydrogens (tertiary/aromatic N) is 4. The van der Waals surface area contributed by atoms with Gasteiger partial charge in [-0.05, 0) is 43.9 Å². The summed E-state index contributed by atoms with van der Waals surface area (Å²) in [6.45, 7) is 3.95. The molecule has 28 heavy (non-hydrogen) atoms. The molecule has 1 aliphatic heterocycles. The average Bonchev–Trinajstić information content (AvgIpc) is 3.17. The van der Waals surface area contributed by atoms with Crippen molar-refractivity contribution in [2.24, 2.45) is 0 Å². The van der Waals surface area contributed by atoms with Gasteiger partial charge >= 0.3 is 0 Å². The zero-order chi connectivity index (χ0) is 19.3. The summed E-state index contributed by atoms with van der Waals surface area (Å²) in [6, 6.07) is 12.0. The van der Waals surface area contributed by atoms with E-state index in [-0.39, 0.29) is 5.91 Å². The first kappa shape index (κ1) is 18.6. The number of aromatic nitrogens is 3. The van der Waals surface area contributed by atoms with Crippen molar-refractivity contribution in [2.75, 3.05) is 23.3 Å². The van der Waals surface area contributed by atoms with Gasteiger partial charge in [-0.3, -0.25) is 10.1 Å². The molecule has 0 spiro atoms. The summed E-state index contributed by atoms with van der Waals surface area (Å²) in [4.78, 5) is 19.5. The smallest absolute Gasteiger partial charge is 0.261 e. The van der Waals surface area contributed by atoms with E-state index in [1.54, 1.807) is 12.3 Å². The third kappa shape index (κ3) is 4.36. The Morgan fingerprint density at radius 3 is 2.68 bits per heavy atom. The molecule has 0 atom stereocenters. The molecule has 0 saturated carbocycles. The molecule has 7 heteroatoms. The second-order valence-electron chi connectivity index (χ2n) is 7.04. The SMILES string of the molecule is Cc1ccc(Cc2nnc(NC(=O)c3cccnc3N3CCCCC3)s2)cc1. The normalized spacial score (nSPS) is 14.1. The molecular weight excluding hydrogens is 370 g/mol. The molecule has 144 valence electrons. The molecule has 4 rings (SSSR count). The second-order valence-corrected chi connectivity index (χ2v) is 8.10. The lowest BCUT2D eigenvalue weighted by Gasteiger charge is -2.28. The molecule has 0 aliphatic carbocycles. The summed E-state index contributed by atoms with van der Waals surface area (Å²) in [5.41, 5.74) is 2.99. The molecule has 0 radical (unpaired) electrons. The number of hydrogen-bond acceptors (Lipinski definition) is 6. The molecular formula is C21H23N5OS. The van der Waals surface area contributed by atoms with E-state index in [0.29, 0.717) is 17.1 Å². The molecule has 2 aromatic heterocycles. The highest BCUT2D eigenvalue weighted by atomic mass is 32.1. The van der Waals surface area contributed by atoms with Crippen molar-refractivity contribution in [1.82, 2.24) is 15.2 Å². The molecule has 1 aromatic carbocycles. The number of hydrogen-bond donors (Lipinski definition) is 1. The third-order valence-electron chi connectivity index (χ3n) is 4.85. The Balaban J connectivity index is 1.46. The molecule has 0 bridgehead atoms. The van der Waals surface area contributed by atoms with Gasteiger partial charge in [0.05, 0.1) is 5.56 Å². The van der Waals surface area contributed by atoms with Crippen molar-refractivity contribution >= 4 is 28.2 Å². The second kappa shape index (κ2) is 8.48. The first-order chi connectivity index (χ1) is 13.7. The van der Waals surface area contributed by atoms with Crippen LogP contribution in [0.2, 0.25) is 0 Å². The minimum Gasteiger partial charge on any atom is -0.356 e. The third-order valence-corrected chi connectivity index (χ3v) is 5.69. The van der Waals surface area contributed by atoms with Gasteiger partial charge in [0.15, 0.2) is 0 Å². The number of benzene rings is 1. The highest BCUT2D eigenvalue weighted by molar-refractivity contribution is 7.15. The summed E-state index contributed by atoms with van der Waals surface area (Å²) in [5, 5.41) is 12.6. The average molecular weight is 394 g/mol. The minimum absolute atomic E-state index is 0.188. The predicted molar refractivity (Wildman–Crippen MR) is 112 cm³/mol. The van der Waals surface area contributed by atoms with Crippen LogP contribution in [0.25, 0.3) is 0 Å². The lowest BCUT2D eigenvalue weighted by Crippen LogP contribution is -2.32. The van der Waals surface area contributed by atoms with E-state index in [1.807, 2.05) is 6.07 Å². The maximum Gasteiger partial charge on any atom is 0.261 e. The zero-order valence-electron chi connectivity index (χ0n) is 15.9. The van der Waals surface area contributed by atoms with Gasteiger partial charge in [-0.2, -0.15) is 0 Å². The van der Waals surface area contributed by atoms with E-state index in [4.69, 9.17) is 0 Å². The van der Waals surface area contributed by atoms with Crippen LogP contribution >= 0.6 is 11.3 Å². The quantitative estimate of drug-likeness (QED) is 0.707. The monoisotopic (exact) mass is 393 g/mol. The van der Waals surface area contributed by atoms with Crippen LogP contribution in [-0.4, -0.2) is 34.2 Å². The van der Waals surface area contributed by atoms with Crippen LogP contribution in [0.4, 0.5) is 10.9 Å². The van der Waals surface area contributed by atoms with E-state index in [9.17, 15) is 4.79 Å². The van der Waals surface area contributed by atoms with E-state index in [1.165, 1.54) is 28.9 Å². The fourth-order valence-corrected chi connectivity index (χ4v) is 4.12.